The molecule has 1 aliphatic carbocycles. The average Bonchev–Trinajstić information content (AvgIpc) is 3.24. The summed E-state index contributed by atoms with van der Waals surface area (Å²) in [7, 11) is 1.78. The molecule has 19 heavy (non-hydrogen) atoms. The average molecular weight is 262 g/mol. The molecule has 0 radical (unpaired) electrons. The molecule has 1 unspecified atom stereocenters. The van der Waals surface area contributed by atoms with Gasteiger partial charge in [0.05, 0.1) is 6.61 Å². The van der Waals surface area contributed by atoms with E-state index >= 15 is 0 Å². The van der Waals surface area contributed by atoms with Crippen LogP contribution in [-0.2, 0) is 4.74 Å². The number of rotatable bonds is 8. The lowest BCUT2D eigenvalue weighted by molar-refractivity contribution is 0.141. The minimum atomic E-state index is 0.587. The summed E-state index contributed by atoms with van der Waals surface area (Å²) in [5.74, 6) is 0.587. The molecule has 1 aliphatic rings. The molecule has 1 saturated carbocycles. The molecular weight excluding hydrogens is 236 g/mol. The van der Waals surface area contributed by atoms with Gasteiger partial charge in [0, 0.05) is 25.4 Å². The van der Waals surface area contributed by atoms with E-state index in [1.54, 1.807) is 7.11 Å². The summed E-state index contributed by atoms with van der Waals surface area (Å²) in [6.07, 6.45) is 3.92. The van der Waals surface area contributed by atoms with Gasteiger partial charge in [-0.25, -0.2) is 0 Å². The topological polar surface area (TPSA) is 38.5 Å². The van der Waals surface area contributed by atoms with Crippen molar-refractivity contribution >= 4 is 5.69 Å². The first-order valence-corrected chi connectivity index (χ1v) is 7.29. The molecule has 0 bridgehead atoms. The zero-order chi connectivity index (χ0) is 13.7. The van der Waals surface area contributed by atoms with Crippen LogP contribution in [0.25, 0.3) is 0 Å². The van der Waals surface area contributed by atoms with Crippen molar-refractivity contribution in [2.45, 2.75) is 38.1 Å². The van der Waals surface area contributed by atoms with Crippen molar-refractivity contribution in [3.05, 3.63) is 29.8 Å². The molecule has 2 N–H and O–H groups in total. The number of benzene rings is 1. The van der Waals surface area contributed by atoms with Gasteiger partial charge in [0.15, 0.2) is 0 Å². The van der Waals surface area contributed by atoms with Crippen molar-refractivity contribution < 1.29 is 4.74 Å². The van der Waals surface area contributed by atoms with Crippen LogP contribution < -0.4 is 5.73 Å². The van der Waals surface area contributed by atoms with E-state index in [0.717, 1.165) is 24.9 Å². The van der Waals surface area contributed by atoms with Crippen LogP contribution in [0.15, 0.2) is 24.3 Å². The van der Waals surface area contributed by atoms with Gasteiger partial charge in [-0.05, 0) is 49.4 Å². The van der Waals surface area contributed by atoms with Gasteiger partial charge < -0.3 is 10.5 Å². The van der Waals surface area contributed by atoms with E-state index < -0.39 is 0 Å². The fourth-order valence-corrected chi connectivity index (χ4v) is 2.48. The van der Waals surface area contributed by atoms with Crippen molar-refractivity contribution in [2.75, 3.05) is 32.5 Å². The molecule has 1 atom stereocenters. The van der Waals surface area contributed by atoms with Gasteiger partial charge in [0.1, 0.15) is 0 Å². The first kappa shape index (κ1) is 14.4. The molecule has 0 aromatic heterocycles. The van der Waals surface area contributed by atoms with E-state index in [2.05, 4.69) is 24.0 Å². The lowest BCUT2D eigenvalue weighted by Crippen LogP contribution is -2.31. The third kappa shape index (κ3) is 4.51. The van der Waals surface area contributed by atoms with E-state index in [1.165, 1.54) is 31.4 Å². The predicted octanol–water partition coefficient (Wildman–Crippen LogP) is 2.87. The number of methoxy groups -OCH3 is 1. The molecule has 0 heterocycles. The summed E-state index contributed by atoms with van der Waals surface area (Å²) in [4.78, 5) is 2.58. The van der Waals surface area contributed by atoms with Crippen LogP contribution in [0.5, 0.6) is 0 Å². The number of anilines is 1. The second-order valence-corrected chi connectivity index (χ2v) is 5.62. The lowest BCUT2D eigenvalue weighted by Gasteiger charge is -2.23. The summed E-state index contributed by atoms with van der Waals surface area (Å²) >= 11 is 0. The Bertz CT molecular complexity index is 373. The van der Waals surface area contributed by atoms with Crippen molar-refractivity contribution in [3.63, 3.8) is 0 Å². The molecule has 3 nitrogen and oxygen atoms in total. The molecular formula is C16H26N2O. The molecule has 0 saturated heterocycles. The number of hydrogen-bond donors (Lipinski definition) is 1. The van der Waals surface area contributed by atoms with Crippen molar-refractivity contribution in [2.24, 2.45) is 0 Å². The second kappa shape index (κ2) is 6.92. The van der Waals surface area contributed by atoms with E-state index in [0.29, 0.717) is 5.92 Å². The summed E-state index contributed by atoms with van der Waals surface area (Å²) in [6, 6.07) is 9.10. The third-order valence-corrected chi connectivity index (χ3v) is 4.00. The zero-order valence-electron chi connectivity index (χ0n) is 12.1. The normalized spacial score (nSPS) is 16.8. The van der Waals surface area contributed by atoms with E-state index in [-0.39, 0.29) is 0 Å². The highest BCUT2D eigenvalue weighted by atomic mass is 16.5. The van der Waals surface area contributed by atoms with Gasteiger partial charge in [-0.15, -0.1) is 0 Å². The third-order valence-electron chi connectivity index (χ3n) is 4.00. The Morgan fingerprint density at radius 2 is 1.95 bits per heavy atom. The highest BCUT2D eigenvalue weighted by molar-refractivity contribution is 5.40. The van der Waals surface area contributed by atoms with Gasteiger partial charge in [0.25, 0.3) is 0 Å². The Labute approximate surface area is 116 Å². The van der Waals surface area contributed by atoms with Gasteiger partial charge >= 0.3 is 0 Å². The Morgan fingerprint density at radius 3 is 2.53 bits per heavy atom. The molecule has 0 aliphatic heterocycles. The monoisotopic (exact) mass is 262 g/mol. The number of nitrogen functional groups attached to an aromatic ring is 1. The second-order valence-electron chi connectivity index (χ2n) is 5.62. The fourth-order valence-electron chi connectivity index (χ4n) is 2.48. The standard InChI is InChI=1S/C16H26N2O/c1-13(14-3-5-15(17)6-4-14)9-10-18(11-12-19-2)16-7-8-16/h3-6,13,16H,7-12,17H2,1-2H3. The van der Waals surface area contributed by atoms with Crippen molar-refractivity contribution in [3.8, 4) is 0 Å². The Hall–Kier alpha value is -1.06. The van der Waals surface area contributed by atoms with Crippen molar-refractivity contribution in [1.82, 2.24) is 4.90 Å². The largest absolute Gasteiger partial charge is 0.399 e. The first-order chi connectivity index (χ1) is 9.20. The van der Waals surface area contributed by atoms with E-state index in [4.69, 9.17) is 10.5 Å². The summed E-state index contributed by atoms with van der Waals surface area (Å²) in [6.45, 7) is 5.37. The van der Waals surface area contributed by atoms with Crippen LogP contribution in [0.2, 0.25) is 0 Å². The molecule has 2 rings (SSSR count). The lowest BCUT2D eigenvalue weighted by atomic mass is 9.97. The summed E-state index contributed by atoms with van der Waals surface area (Å²) < 4.78 is 5.20. The van der Waals surface area contributed by atoms with Gasteiger partial charge in [-0.3, -0.25) is 4.90 Å². The number of ether oxygens (including phenoxy) is 1. The predicted molar refractivity (Wildman–Crippen MR) is 80.4 cm³/mol. The Morgan fingerprint density at radius 1 is 1.26 bits per heavy atom. The zero-order valence-corrected chi connectivity index (χ0v) is 12.1. The maximum atomic E-state index is 5.73. The quantitative estimate of drug-likeness (QED) is 0.732. The number of nitrogens with zero attached hydrogens (tertiary/aromatic N) is 1. The highest BCUT2D eigenvalue weighted by Crippen LogP contribution is 2.28. The minimum Gasteiger partial charge on any atom is -0.399 e. The van der Waals surface area contributed by atoms with E-state index in [9.17, 15) is 0 Å². The number of nitrogens with two attached hydrogens (primary N) is 1. The highest BCUT2D eigenvalue weighted by Gasteiger charge is 2.28. The van der Waals surface area contributed by atoms with E-state index in [1.807, 2.05) is 12.1 Å². The smallest absolute Gasteiger partial charge is 0.0589 e. The maximum absolute atomic E-state index is 5.73. The molecule has 1 fully saturated rings. The Kier molecular flexibility index (Phi) is 5.23. The van der Waals surface area contributed by atoms with Crippen LogP contribution in [-0.4, -0.2) is 37.7 Å². The Balaban J connectivity index is 1.80. The van der Waals surface area contributed by atoms with Crippen LogP contribution in [0.4, 0.5) is 5.69 Å². The SMILES string of the molecule is COCCN(CCC(C)c1ccc(N)cc1)C1CC1. The molecule has 0 spiro atoms. The summed E-state index contributed by atoms with van der Waals surface area (Å²) in [5, 5.41) is 0. The van der Waals surface area contributed by atoms with Crippen LogP contribution in [0.1, 0.15) is 37.7 Å². The first-order valence-electron chi connectivity index (χ1n) is 7.29. The molecule has 106 valence electrons. The van der Waals surface area contributed by atoms with Crippen LogP contribution >= 0.6 is 0 Å². The fraction of sp³-hybridized carbons (Fsp3) is 0.625. The van der Waals surface area contributed by atoms with Gasteiger partial charge in [-0.2, -0.15) is 0 Å². The van der Waals surface area contributed by atoms with Gasteiger partial charge in [-0.1, -0.05) is 19.1 Å². The maximum Gasteiger partial charge on any atom is 0.0589 e. The van der Waals surface area contributed by atoms with Crippen LogP contribution in [0.3, 0.4) is 0 Å². The molecule has 1 aromatic carbocycles. The van der Waals surface area contributed by atoms with Crippen LogP contribution in [0, 0.1) is 0 Å². The minimum absolute atomic E-state index is 0.587. The summed E-state index contributed by atoms with van der Waals surface area (Å²) in [5.41, 5.74) is 7.96. The molecule has 3 heteroatoms. The van der Waals surface area contributed by atoms with Crippen molar-refractivity contribution in [1.29, 1.82) is 0 Å². The van der Waals surface area contributed by atoms with Gasteiger partial charge in [0.2, 0.25) is 0 Å². The number of hydrogen-bond acceptors (Lipinski definition) is 3. The molecule has 0 amide bonds. The molecule has 1 aromatic rings.